The Morgan fingerprint density at radius 2 is 0.810 bits per heavy atom. The van der Waals surface area contributed by atoms with Crippen LogP contribution in [0.15, 0.2) is 36.5 Å². The zero-order valence-electron chi connectivity index (χ0n) is 36.0. The van der Waals surface area contributed by atoms with Gasteiger partial charge >= 0.3 is 30.8 Å². The van der Waals surface area contributed by atoms with Crippen molar-refractivity contribution in [1.29, 1.82) is 0 Å². The van der Waals surface area contributed by atoms with Crippen molar-refractivity contribution in [3.05, 3.63) is 36.5 Å². The van der Waals surface area contributed by atoms with Gasteiger partial charge in [-0.3, -0.25) is 9.59 Å². The van der Waals surface area contributed by atoms with Crippen molar-refractivity contribution in [3.63, 3.8) is 0 Å². The Morgan fingerprint density at radius 3 is 1.07 bits per heavy atom. The maximum absolute atomic E-state index is 10.4. The summed E-state index contributed by atoms with van der Waals surface area (Å²) < 4.78 is 0. The predicted molar refractivity (Wildman–Crippen MR) is 233 cm³/mol. The van der Waals surface area contributed by atoms with Crippen LogP contribution in [0.4, 0.5) is 0 Å². The van der Waals surface area contributed by atoms with E-state index in [-0.39, 0.29) is 31.8 Å². The zero-order chi connectivity index (χ0) is 40.7. The third-order valence-corrected chi connectivity index (χ3v) is 10.4. The van der Waals surface area contributed by atoms with E-state index in [2.05, 4.69) is 60.7 Å². The van der Waals surface area contributed by atoms with Crippen molar-refractivity contribution in [2.45, 2.75) is 188 Å². The third kappa shape index (κ3) is 38.8. The Balaban J connectivity index is -0.000000764. The van der Waals surface area contributed by atoms with Crippen molar-refractivity contribution in [3.8, 4) is 35.5 Å². The number of carboxylic acids is 2. The van der Waals surface area contributed by atoms with Crippen LogP contribution in [0.1, 0.15) is 170 Å². The molecule has 0 saturated heterocycles. The average Bonchev–Trinajstić information content (AvgIpc) is 4.05. The summed E-state index contributed by atoms with van der Waals surface area (Å²) in [5.74, 6) is 20.5. The van der Waals surface area contributed by atoms with E-state index in [0.29, 0.717) is 12.8 Å². The van der Waals surface area contributed by atoms with Crippen LogP contribution < -0.4 is 18.9 Å². The van der Waals surface area contributed by atoms with Crippen LogP contribution in [0.5, 0.6) is 0 Å². The molecule has 0 aliphatic heterocycles. The minimum absolute atomic E-state index is 0. The van der Waals surface area contributed by atoms with Gasteiger partial charge in [0.1, 0.15) is 18.3 Å². The van der Waals surface area contributed by atoms with Crippen LogP contribution >= 0.6 is 0 Å². The molecular weight excluding hydrogens is 723 g/mol. The van der Waals surface area contributed by atoms with E-state index in [1.165, 1.54) is 77.0 Å². The molecule has 0 amide bonds. The molecule has 9 heteroatoms. The molecule has 3 aliphatic carbocycles. The van der Waals surface area contributed by atoms with Gasteiger partial charge in [-0.1, -0.05) is 119 Å². The maximum Gasteiger partial charge on any atom is 1.00 e. The molecule has 58 heavy (non-hydrogen) atoms. The monoisotopic (exact) mass is 803 g/mol. The van der Waals surface area contributed by atoms with Crippen LogP contribution in [0.2, 0.25) is 0 Å². The number of hydrogen-bond donors (Lipinski definition) is 5. The van der Waals surface area contributed by atoms with Gasteiger partial charge in [-0.25, -0.2) is 0 Å². The summed E-state index contributed by atoms with van der Waals surface area (Å²) in [5.41, 5.74) is 0. The summed E-state index contributed by atoms with van der Waals surface area (Å²) in [7, 11) is 0. The van der Waals surface area contributed by atoms with Gasteiger partial charge in [-0.2, -0.15) is 0 Å². The second kappa shape index (κ2) is 38.5. The van der Waals surface area contributed by atoms with Crippen LogP contribution in [0, 0.1) is 71.0 Å². The number of allylic oxidation sites excluding steroid dienone is 6. The van der Waals surface area contributed by atoms with E-state index in [0.717, 1.165) is 80.5 Å². The van der Waals surface area contributed by atoms with Gasteiger partial charge in [0.15, 0.2) is 0 Å². The number of aliphatic hydroxyl groups excluding tert-OH is 3. The van der Waals surface area contributed by atoms with Gasteiger partial charge in [0, 0.05) is 12.8 Å². The van der Waals surface area contributed by atoms with Crippen molar-refractivity contribution in [1.82, 2.24) is 0 Å². The van der Waals surface area contributed by atoms with Crippen molar-refractivity contribution >= 4 is 11.9 Å². The summed E-state index contributed by atoms with van der Waals surface area (Å²) in [6, 6.07) is 0. The summed E-state index contributed by atoms with van der Waals surface area (Å²) >= 11 is 0. The maximum atomic E-state index is 10.4. The second-order valence-corrected chi connectivity index (χ2v) is 15.9. The minimum atomic E-state index is -0.684. The number of aliphatic hydroxyl groups is 3. The molecule has 324 valence electrons. The van der Waals surface area contributed by atoms with Gasteiger partial charge in [0.25, 0.3) is 0 Å². The fraction of sp³-hybridized carbons (Fsp3) is 0.714. The molecule has 3 aliphatic rings. The first-order valence-corrected chi connectivity index (χ1v) is 21.4. The number of hydrogen-bond acceptors (Lipinski definition) is 6. The van der Waals surface area contributed by atoms with E-state index in [9.17, 15) is 9.59 Å². The van der Waals surface area contributed by atoms with E-state index in [1.54, 1.807) is 20.8 Å². The zero-order valence-corrected chi connectivity index (χ0v) is 36.0. The molecule has 3 fully saturated rings. The number of rotatable bonds is 23. The van der Waals surface area contributed by atoms with Crippen molar-refractivity contribution in [2.75, 3.05) is 0 Å². The summed E-state index contributed by atoms with van der Waals surface area (Å²) in [6.07, 6.45) is 33.5. The van der Waals surface area contributed by atoms with E-state index in [4.69, 9.17) is 25.5 Å². The molecule has 0 aromatic carbocycles. The number of unbranched alkanes of at least 4 members (excludes halogenated alkanes) is 4. The summed E-state index contributed by atoms with van der Waals surface area (Å²) in [5, 5.41) is 43.9. The Kier molecular flexibility index (Phi) is 39.5. The topological polar surface area (TPSA) is 165 Å². The smallest absolute Gasteiger partial charge is 0.870 e. The molecule has 0 radical (unpaired) electrons. The van der Waals surface area contributed by atoms with Crippen LogP contribution in [-0.2, 0) is 9.59 Å². The molecule has 3 saturated carbocycles. The first-order valence-electron chi connectivity index (χ1n) is 21.4. The van der Waals surface area contributed by atoms with Crippen molar-refractivity contribution in [2.24, 2.45) is 35.5 Å². The minimum Gasteiger partial charge on any atom is -0.870 e. The Bertz CT molecular complexity index is 1260. The van der Waals surface area contributed by atoms with Crippen LogP contribution in [0.3, 0.4) is 0 Å². The Morgan fingerprint density at radius 1 is 0.534 bits per heavy atom. The van der Waals surface area contributed by atoms with E-state index < -0.39 is 30.3 Å². The quantitative estimate of drug-likeness (QED) is 0.0406. The van der Waals surface area contributed by atoms with Gasteiger partial charge in [-0.05, 0) is 145 Å². The van der Waals surface area contributed by atoms with Gasteiger partial charge in [-0.15, -0.1) is 0 Å². The number of carboxylic acid groups (broad SMARTS) is 2. The normalized spacial score (nSPS) is 22.1. The Labute approximate surface area is 365 Å². The van der Waals surface area contributed by atoms with E-state index in [1.807, 2.05) is 18.2 Å². The molecule has 0 spiro atoms. The molecule has 3 rings (SSSR count). The molecular formula is C49H79LiO8. The molecule has 9 atom stereocenters. The largest absolute Gasteiger partial charge is 1.00 e. The molecule has 0 heterocycles. The first kappa shape index (κ1) is 59.6. The molecule has 0 bridgehead atoms. The third-order valence-electron chi connectivity index (χ3n) is 10.4. The van der Waals surface area contributed by atoms with Gasteiger partial charge < -0.3 is 31.0 Å². The fourth-order valence-electron chi connectivity index (χ4n) is 6.94. The SMILES string of the molecule is C.CC(O)C#C/C=C\CC[C@H]1C[C@H]1CCCCC(=O)O.CC(O)C#C/C=C\CC[C@H]1C[C@H]1CCCCC(=O)O.CCCCC[C@@H]1C[C@@H]1CC/C=C\C#CC(C)O.[Li+].[OH-]. The Hall–Kier alpha value is -2.72. The second-order valence-electron chi connectivity index (χ2n) is 15.9. The predicted octanol–water partition coefficient (Wildman–Crippen LogP) is 7.36. The van der Waals surface area contributed by atoms with Gasteiger partial charge in [0.05, 0.1) is 0 Å². The van der Waals surface area contributed by atoms with Crippen LogP contribution in [0.25, 0.3) is 0 Å². The standard InChI is InChI=1S/2C16H24O3.C16H26O.CH4.Li.H2O/c2*1-13(17)8-4-2-3-5-9-14-12-15(14)10-6-7-11-16(18)19;1-3-4-7-11-15-13-16(15)12-9-6-5-8-10-14(2)17;;;/h2*2-3,13-15,17H,5-7,9-12H2,1H3,(H,18,19);5-6,14-17H,3-4,7,9,11-13H2,1-2H3;1H4;;1H2/q;;;;+1;/p-1/b2*3-2-;6-5-;;;/t2*13?,14-,15+;14?,15-,16+;;;/m001.../s1. The number of aliphatic carboxylic acids is 2. The number of carbonyl (C=O) groups is 2. The molecule has 3 unspecified atom stereocenters. The van der Waals surface area contributed by atoms with Gasteiger partial charge in [0.2, 0.25) is 0 Å². The summed E-state index contributed by atoms with van der Waals surface area (Å²) in [6.45, 7) is 7.26. The fourth-order valence-corrected chi connectivity index (χ4v) is 6.94. The molecule has 0 aromatic rings. The molecule has 8 nitrogen and oxygen atoms in total. The molecule has 6 N–H and O–H groups in total. The van der Waals surface area contributed by atoms with Crippen molar-refractivity contribution < 1.29 is 59.5 Å². The average molecular weight is 803 g/mol. The summed E-state index contributed by atoms with van der Waals surface area (Å²) in [4.78, 5) is 20.7. The van der Waals surface area contributed by atoms with E-state index >= 15 is 0 Å². The van der Waals surface area contributed by atoms with Crippen LogP contribution in [-0.4, -0.2) is 61.3 Å². The molecule has 0 aromatic heterocycles. The first-order chi connectivity index (χ1) is 26.4.